The standard InChI is InChI=1S/C10H16ClNOS/c1-2-12(6-3-7-13)8-9-4-5-10(11)14-9/h4-5,13H,2-3,6-8H2,1H3. The number of aliphatic hydroxyl groups excluding tert-OH is 1. The molecular formula is C10H16ClNOS. The average Bonchev–Trinajstić information content (AvgIpc) is 2.58. The summed E-state index contributed by atoms with van der Waals surface area (Å²) in [7, 11) is 0. The van der Waals surface area contributed by atoms with Gasteiger partial charge in [0.2, 0.25) is 0 Å². The maximum absolute atomic E-state index is 8.74. The molecule has 1 N–H and O–H groups in total. The van der Waals surface area contributed by atoms with Crippen LogP contribution in [0.3, 0.4) is 0 Å². The summed E-state index contributed by atoms with van der Waals surface area (Å²) in [6, 6.07) is 4.00. The monoisotopic (exact) mass is 233 g/mol. The lowest BCUT2D eigenvalue weighted by atomic mass is 10.3. The summed E-state index contributed by atoms with van der Waals surface area (Å²) in [6.07, 6.45) is 0.840. The van der Waals surface area contributed by atoms with Crippen molar-refractivity contribution >= 4 is 22.9 Å². The number of aliphatic hydroxyl groups is 1. The van der Waals surface area contributed by atoms with Gasteiger partial charge in [-0.05, 0) is 25.1 Å². The highest BCUT2D eigenvalue weighted by molar-refractivity contribution is 7.16. The smallest absolute Gasteiger partial charge is 0.0931 e. The molecular weight excluding hydrogens is 218 g/mol. The predicted molar refractivity (Wildman–Crippen MR) is 62.0 cm³/mol. The highest BCUT2D eigenvalue weighted by atomic mass is 35.5. The van der Waals surface area contributed by atoms with Crippen molar-refractivity contribution in [2.45, 2.75) is 19.9 Å². The molecule has 0 aliphatic rings. The topological polar surface area (TPSA) is 23.5 Å². The van der Waals surface area contributed by atoms with E-state index in [0.29, 0.717) is 0 Å². The maximum atomic E-state index is 8.74. The largest absolute Gasteiger partial charge is 0.396 e. The van der Waals surface area contributed by atoms with Crippen LogP contribution in [0.2, 0.25) is 4.34 Å². The Balaban J connectivity index is 2.40. The van der Waals surface area contributed by atoms with Crippen molar-refractivity contribution in [1.29, 1.82) is 0 Å². The quantitative estimate of drug-likeness (QED) is 0.817. The molecule has 14 heavy (non-hydrogen) atoms. The molecule has 2 nitrogen and oxygen atoms in total. The van der Waals surface area contributed by atoms with E-state index >= 15 is 0 Å². The van der Waals surface area contributed by atoms with Crippen molar-refractivity contribution in [3.8, 4) is 0 Å². The Hall–Kier alpha value is -0.0900. The Morgan fingerprint density at radius 3 is 2.79 bits per heavy atom. The lowest BCUT2D eigenvalue weighted by molar-refractivity contribution is 0.226. The first kappa shape index (κ1) is 12.0. The van der Waals surface area contributed by atoms with Crippen LogP contribution in [0.1, 0.15) is 18.2 Å². The first-order valence-corrected chi connectivity index (χ1v) is 6.03. The Kier molecular flexibility index (Phi) is 5.48. The summed E-state index contributed by atoms with van der Waals surface area (Å²) in [5.41, 5.74) is 0. The summed E-state index contributed by atoms with van der Waals surface area (Å²) < 4.78 is 0.846. The lowest BCUT2D eigenvalue weighted by Crippen LogP contribution is -2.24. The fourth-order valence-electron chi connectivity index (χ4n) is 1.30. The van der Waals surface area contributed by atoms with Gasteiger partial charge in [-0.2, -0.15) is 0 Å². The van der Waals surface area contributed by atoms with Crippen LogP contribution in [0.25, 0.3) is 0 Å². The van der Waals surface area contributed by atoms with Crippen LogP contribution < -0.4 is 0 Å². The molecule has 1 aromatic heterocycles. The zero-order valence-electron chi connectivity index (χ0n) is 8.37. The molecule has 1 heterocycles. The number of halogens is 1. The molecule has 0 aromatic carbocycles. The third kappa shape index (κ3) is 3.96. The van der Waals surface area contributed by atoms with Gasteiger partial charge in [-0.1, -0.05) is 18.5 Å². The number of thiophene rings is 1. The van der Waals surface area contributed by atoms with E-state index in [0.717, 1.165) is 30.4 Å². The van der Waals surface area contributed by atoms with Gasteiger partial charge < -0.3 is 5.11 Å². The molecule has 1 aromatic rings. The second kappa shape index (κ2) is 6.40. The number of hydrogen-bond donors (Lipinski definition) is 1. The molecule has 0 radical (unpaired) electrons. The zero-order valence-corrected chi connectivity index (χ0v) is 9.94. The minimum absolute atomic E-state index is 0.266. The third-order valence-corrected chi connectivity index (χ3v) is 3.30. The number of nitrogens with zero attached hydrogens (tertiary/aromatic N) is 1. The summed E-state index contributed by atoms with van der Waals surface area (Å²) >= 11 is 7.48. The molecule has 0 unspecified atom stereocenters. The van der Waals surface area contributed by atoms with Gasteiger partial charge in [0.15, 0.2) is 0 Å². The zero-order chi connectivity index (χ0) is 10.4. The normalized spacial score (nSPS) is 11.1. The van der Waals surface area contributed by atoms with Crippen molar-refractivity contribution < 1.29 is 5.11 Å². The Morgan fingerprint density at radius 1 is 1.50 bits per heavy atom. The fraction of sp³-hybridized carbons (Fsp3) is 0.600. The van der Waals surface area contributed by atoms with Crippen LogP contribution in [-0.2, 0) is 6.54 Å². The van der Waals surface area contributed by atoms with Gasteiger partial charge in [0.1, 0.15) is 0 Å². The molecule has 80 valence electrons. The molecule has 0 bridgehead atoms. The molecule has 0 spiro atoms. The minimum Gasteiger partial charge on any atom is -0.396 e. The maximum Gasteiger partial charge on any atom is 0.0931 e. The molecule has 0 aliphatic heterocycles. The highest BCUT2D eigenvalue weighted by Crippen LogP contribution is 2.22. The Bertz CT molecular complexity index is 264. The molecule has 0 saturated carbocycles. The van der Waals surface area contributed by atoms with E-state index in [1.165, 1.54) is 4.88 Å². The summed E-state index contributed by atoms with van der Waals surface area (Å²) in [5, 5.41) is 8.74. The number of rotatable bonds is 6. The molecule has 0 fully saturated rings. The van der Waals surface area contributed by atoms with Gasteiger partial charge in [-0.25, -0.2) is 0 Å². The molecule has 0 amide bonds. The summed E-state index contributed by atoms with van der Waals surface area (Å²) in [6.45, 7) is 5.29. The molecule has 0 atom stereocenters. The lowest BCUT2D eigenvalue weighted by Gasteiger charge is -2.18. The van der Waals surface area contributed by atoms with E-state index in [4.69, 9.17) is 16.7 Å². The molecule has 0 saturated heterocycles. The van der Waals surface area contributed by atoms with Gasteiger partial charge in [0.05, 0.1) is 4.34 Å². The first-order valence-electron chi connectivity index (χ1n) is 4.83. The second-order valence-corrected chi connectivity index (χ2v) is 4.95. The van der Waals surface area contributed by atoms with Crippen LogP contribution in [0.4, 0.5) is 0 Å². The Labute approximate surface area is 94.1 Å². The van der Waals surface area contributed by atoms with Gasteiger partial charge in [0, 0.05) is 24.6 Å². The van der Waals surface area contributed by atoms with Crippen LogP contribution >= 0.6 is 22.9 Å². The van der Waals surface area contributed by atoms with Crippen LogP contribution in [0, 0.1) is 0 Å². The van der Waals surface area contributed by atoms with E-state index in [2.05, 4.69) is 17.9 Å². The van der Waals surface area contributed by atoms with E-state index in [1.807, 2.05) is 6.07 Å². The fourth-order valence-corrected chi connectivity index (χ4v) is 2.43. The van der Waals surface area contributed by atoms with Crippen LogP contribution in [0.15, 0.2) is 12.1 Å². The van der Waals surface area contributed by atoms with Crippen molar-refractivity contribution in [2.75, 3.05) is 19.7 Å². The van der Waals surface area contributed by atoms with Crippen LogP contribution in [-0.4, -0.2) is 29.7 Å². The van der Waals surface area contributed by atoms with Crippen molar-refractivity contribution in [3.63, 3.8) is 0 Å². The summed E-state index contributed by atoms with van der Waals surface area (Å²) in [4.78, 5) is 3.59. The molecule has 0 aliphatic carbocycles. The SMILES string of the molecule is CCN(CCCO)Cc1ccc(Cl)s1. The minimum atomic E-state index is 0.266. The van der Waals surface area contributed by atoms with Gasteiger partial charge in [-0.15, -0.1) is 11.3 Å². The van der Waals surface area contributed by atoms with E-state index in [9.17, 15) is 0 Å². The molecule has 4 heteroatoms. The van der Waals surface area contributed by atoms with Gasteiger partial charge in [-0.3, -0.25) is 4.90 Å². The van der Waals surface area contributed by atoms with E-state index in [-0.39, 0.29) is 6.61 Å². The van der Waals surface area contributed by atoms with E-state index < -0.39 is 0 Å². The molecule has 1 rings (SSSR count). The first-order chi connectivity index (χ1) is 6.76. The third-order valence-electron chi connectivity index (χ3n) is 2.09. The van der Waals surface area contributed by atoms with Gasteiger partial charge >= 0.3 is 0 Å². The second-order valence-electron chi connectivity index (χ2n) is 3.15. The van der Waals surface area contributed by atoms with Crippen molar-refractivity contribution in [1.82, 2.24) is 4.90 Å². The predicted octanol–water partition coefficient (Wildman–Crippen LogP) is 2.61. The highest BCUT2D eigenvalue weighted by Gasteiger charge is 2.04. The van der Waals surface area contributed by atoms with Crippen LogP contribution in [0.5, 0.6) is 0 Å². The summed E-state index contributed by atoms with van der Waals surface area (Å²) in [5.74, 6) is 0. The van der Waals surface area contributed by atoms with Crippen molar-refractivity contribution in [3.05, 3.63) is 21.3 Å². The van der Waals surface area contributed by atoms with Crippen molar-refractivity contribution in [2.24, 2.45) is 0 Å². The Morgan fingerprint density at radius 2 is 2.29 bits per heavy atom. The average molecular weight is 234 g/mol. The van der Waals surface area contributed by atoms with E-state index in [1.54, 1.807) is 11.3 Å². The van der Waals surface area contributed by atoms with Gasteiger partial charge in [0.25, 0.3) is 0 Å². The number of hydrogen-bond acceptors (Lipinski definition) is 3.